The van der Waals surface area contributed by atoms with Crippen LogP contribution in [-0.4, -0.2) is 18.4 Å². The summed E-state index contributed by atoms with van der Waals surface area (Å²) < 4.78 is 26.7. The lowest BCUT2D eigenvalue weighted by Crippen LogP contribution is -2.13. The Labute approximate surface area is 109 Å². The van der Waals surface area contributed by atoms with Crippen LogP contribution in [0.5, 0.6) is 0 Å². The maximum absolute atomic E-state index is 12.1. The molecule has 0 atom stereocenters. The zero-order valence-corrected chi connectivity index (χ0v) is 11.5. The van der Waals surface area contributed by atoms with Crippen molar-refractivity contribution in [2.45, 2.75) is 18.1 Å². The number of anilines is 2. The maximum Gasteiger partial charge on any atom is 0.274 e. The zero-order valence-electron chi connectivity index (χ0n) is 9.84. The van der Waals surface area contributed by atoms with Gasteiger partial charge in [-0.3, -0.25) is 4.72 Å². The summed E-state index contributed by atoms with van der Waals surface area (Å²) in [7, 11) is -3.68. The fourth-order valence-electron chi connectivity index (χ4n) is 1.43. The fraction of sp³-hybridized carbons (Fsp3) is 0.200. The molecule has 2 aromatic heterocycles. The summed E-state index contributed by atoms with van der Waals surface area (Å²) in [5.41, 5.74) is 6.80. The summed E-state index contributed by atoms with van der Waals surface area (Å²) in [6.45, 7) is 3.46. The minimum Gasteiger partial charge on any atom is -0.375 e. The van der Waals surface area contributed by atoms with Crippen LogP contribution in [0, 0.1) is 13.8 Å². The SMILES string of the molecule is Cc1ccnc(NS(=O)(=O)c2sc(N)nc2C)c1. The fourth-order valence-corrected chi connectivity index (χ4v) is 3.73. The molecule has 0 saturated carbocycles. The van der Waals surface area contributed by atoms with E-state index in [9.17, 15) is 8.42 Å². The minimum absolute atomic E-state index is 0.114. The molecule has 18 heavy (non-hydrogen) atoms. The Hall–Kier alpha value is -1.67. The summed E-state index contributed by atoms with van der Waals surface area (Å²) >= 11 is 0.933. The van der Waals surface area contributed by atoms with E-state index in [-0.39, 0.29) is 15.2 Å². The first-order valence-electron chi connectivity index (χ1n) is 5.07. The highest BCUT2D eigenvalue weighted by atomic mass is 32.2. The van der Waals surface area contributed by atoms with Gasteiger partial charge in [-0.1, -0.05) is 11.3 Å². The van der Waals surface area contributed by atoms with Crippen LogP contribution >= 0.6 is 11.3 Å². The second-order valence-electron chi connectivity index (χ2n) is 3.75. The number of hydrogen-bond acceptors (Lipinski definition) is 6. The van der Waals surface area contributed by atoms with Gasteiger partial charge in [-0.05, 0) is 31.5 Å². The van der Waals surface area contributed by atoms with E-state index >= 15 is 0 Å². The molecule has 96 valence electrons. The molecule has 0 bridgehead atoms. The van der Waals surface area contributed by atoms with Crippen LogP contribution < -0.4 is 10.5 Å². The lowest BCUT2D eigenvalue weighted by Gasteiger charge is -2.06. The molecular weight excluding hydrogens is 272 g/mol. The quantitative estimate of drug-likeness (QED) is 0.890. The number of aromatic nitrogens is 2. The van der Waals surface area contributed by atoms with E-state index in [2.05, 4.69) is 14.7 Å². The molecule has 8 heteroatoms. The van der Waals surface area contributed by atoms with Crippen LogP contribution in [0.15, 0.2) is 22.5 Å². The van der Waals surface area contributed by atoms with Crippen LogP contribution in [-0.2, 0) is 10.0 Å². The van der Waals surface area contributed by atoms with Crippen molar-refractivity contribution in [3.8, 4) is 0 Å². The first-order valence-corrected chi connectivity index (χ1v) is 7.37. The van der Waals surface area contributed by atoms with Crippen molar-refractivity contribution < 1.29 is 8.42 Å². The van der Waals surface area contributed by atoms with Crippen molar-refractivity contribution in [1.82, 2.24) is 9.97 Å². The molecule has 0 spiro atoms. The van der Waals surface area contributed by atoms with Crippen molar-refractivity contribution in [3.05, 3.63) is 29.6 Å². The molecule has 3 N–H and O–H groups in total. The van der Waals surface area contributed by atoms with E-state index in [1.165, 1.54) is 0 Å². The van der Waals surface area contributed by atoms with Crippen LogP contribution in [0.4, 0.5) is 10.9 Å². The topological polar surface area (TPSA) is 98.0 Å². The smallest absolute Gasteiger partial charge is 0.274 e. The predicted molar refractivity (Wildman–Crippen MR) is 71.0 cm³/mol. The maximum atomic E-state index is 12.1. The van der Waals surface area contributed by atoms with E-state index in [4.69, 9.17) is 5.73 Å². The van der Waals surface area contributed by atoms with E-state index < -0.39 is 10.0 Å². The highest BCUT2D eigenvalue weighted by Crippen LogP contribution is 2.26. The highest BCUT2D eigenvalue weighted by Gasteiger charge is 2.21. The highest BCUT2D eigenvalue weighted by molar-refractivity contribution is 7.94. The molecule has 0 fully saturated rings. The number of pyridine rings is 1. The Morgan fingerprint density at radius 3 is 2.67 bits per heavy atom. The van der Waals surface area contributed by atoms with Gasteiger partial charge in [0.2, 0.25) is 0 Å². The summed E-state index contributed by atoms with van der Waals surface area (Å²) in [5.74, 6) is 0.279. The molecule has 0 radical (unpaired) electrons. The van der Waals surface area contributed by atoms with E-state index in [0.717, 1.165) is 16.9 Å². The number of nitrogens with two attached hydrogens (primary N) is 1. The second-order valence-corrected chi connectivity index (χ2v) is 6.66. The molecule has 2 aromatic rings. The molecule has 2 heterocycles. The number of nitrogen functional groups attached to an aromatic ring is 1. The molecular formula is C10H12N4O2S2. The van der Waals surface area contributed by atoms with E-state index in [0.29, 0.717) is 5.69 Å². The van der Waals surface area contributed by atoms with Crippen LogP contribution in [0.1, 0.15) is 11.3 Å². The van der Waals surface area contributed by atoms with E-state index in [1.807, 2.05) is 6.92 Å². The monoisotopic (exact) mass is 284 g/mol. The molecule has 0 aliphatic carbocycles. The van der Waals surface area contributed by atoms with Crippen molar-refractivity contribution >= 4 is 32.3 Å². The van der Waals surface area contributed by atoms with Crippen LogP contribution in [0.3, 0.4) is 0 Å². The van der Waals surface area contributed by atoms with Gasteiger partial charge >= 0.3 is 0 Å². The number of hydrogen-bond donors (Lipinski definition) is 2. The van der Waals surface area contributed by atoms with Crippen molar-refractivity contribution in [1.29, 1.82) is 0 Å². The van der Waals surface area contributed by atoms with Gasteiger partial charge < -0.3 is 5.73 Å². The standard InChI is InChI=1S/C10H12N4O2S2/c1-6-3-4-12-8(5-6)14-18(15,16)9-7(2)13-10(11)17-9/h3-5H,1-2H3,(H2,11,13)(H,12,14). The van der Waals surface area contributed by atoms with Gasteiger partial charge in [0, 0.05) is 6.20 Å². The summed E-state index contributed by atoms with van der Waals surface area (Å²) in [6.07, 6.45) is 1.54. The number of nitrogens with one attached hydrogen (secondary N) is 1. The van der Waals surface area contributed by atoms with Crippen molar-refractivity contribution in [2.24, 2.45) is 0 Å². The van der Waals surface area contributed by atoms with Gasteiger partial charge in [-0.15, -0.1) is 0 Å². The third-order valence-electron chi connectivity index (χ3n) is 2.17. The largest absolute Gasteiger partial charge is 0.375 e. The molecule has 0 aliphatic rings. The molecule has 0 saturated heterocycles. The predicted octanol–water partition coefficient (Wildman–Crippen LogP) is 1.54. The van der Waals surface area contributed by atoms with Gasteiger partial charge in [0.15, 0.2) is 9.34 Å². The lowest BCUT2D eigenvalue weighted by molar-refractivity contribution is 0.602. The number of nitrogens with zero attached hydrogens (tertiary/aromatic N) is 2. The van der Waals surface area contributed by atoms with E-state index in [1.54, 1.807) is 25.3 Å². The average Bonchev–Trinajstić information content (AvgIpc) is 2.58. The number of aryl methyl sites for hydroxylation is 2. The molecule has 0 aromatic carbocycles. The molecule has 2 rings (SSSR count). The Morgan fingerprint density at radius 2 is 2.11 bits per heavy atom. The Balaban J connectivity index is 2.36. The third kappa shape index (κ3) is 2.59. The van der Waals surface area contributed by atoms with Crippen LogP contribution in [0.2, 0.25) is 0 Å². The Morgan fingerprint density at radius 1 is 1.39 bits per heavy atom. The number of thiazole rings is 1. The van der Waals surface area contributed by atoms with Crippen molar-refractivity contribution in [2.75, 3.05) is 10.5 Å². The Kier molecular flexibility index (Phi) is 3.22. The van der Waals surface area contributed by atoms with Gasteiger partial charge in [0.1, 0.15) is 5.82 Å². The third-order valence-corrected chi connectivity index (χ3v) is 5.12. The van der Waals surface area contributed by atoms with Crippen LogP contribution in [0.25, 0.3) is 0 Å². The summed E-state index contributed by atoms with van der Waals surface area (Å²) in [6, 6.07) is 3.44. The first-order chi connectivity index (χ1) is 8.38. The van der Waals surface area contributed by atoms with Gasteiger partial charge in [-0.2, -0.15) is 0 Å². The summed E-state index contributed by atoms with van der Waals surface area (Å²) in [5, 5.41) is 0.227. The molecule has 0 amide bonds. The van der Waals surface area contributed by atoms with Gasteiger partial charge in [-0.25, -0.2) is 18.4 Å². The summed E-state index contributed by atoms with van der Waals surface area (Å²) in [4.78, 5) is 7.84. The van der Waals surface area contributed by atoms with Gasteiger partial charge in [0.25, 0.3) is 10.0 Å². The first kappa shape index (κ1) is 12.8. The molecule has 0 unspecified atom stereocenters. The normalized spacial score (nSPS) is 11.4. The molecule has 0 aliphatic heterocycles. The average molecular weight is 284 g/mol. The van der Waals surface area contributed by atoms with Crippen molar-refractivity contribution in [3.63, 3.8) is 0 Å². The zero-order chi connectivity index (χ0) is 13.3. The minimum atomic E-state index is -3.68. The Bertz CT molecular complexity index is 679. The van der Waals surface area contributed by atoms with Gasteiger partial charge in [0.05, 0.1) is 5.69 Å². The second kappa shape index (κ2) is 4.54. The lowest BCUT2D eigenvalue weighted by atomic mass is 10.3. The molecule has 6 nitrogen and oxygen atoms in total. The number of rotatable bonds is 3. The number of sulfonamides is 1.